The summed E-state index contributed by atoms with van der Waals surface area (Å²) in [6, 6.07) is 15.2. The molecule has 2 aromatic rings. The van der Waals surface area contributed by atoms with Gasteiger partial charge in [0, 0.05) is 6.54 Å². The molecule has 1 N–H and O–H groups in total. The van der Waals surface area contributed by atoms with Crippen LogP contribution in [0.4, 0.5) is 0 Å². The number of aryl methyl sites for hydroxylation is 1. The first-order chi connectivity index (χ1) is 13.2. The number of ether oxygens (including phenoxy) is 3. The van der Waals surface area contributed by atoms with E-state index in [4.69, 9.17) is 19.5 Å². The van der Waals surface area contributed by atoms with E-state index in [1.54, 1.807) is 13.2 Å². The molecule has 142 valence electrons. The summed E-state index contributed by atoms with van der Waals surface area (Å²) in [6.45, 7) is 3.19. The van der Waals surface area contributed by atoms with Crippen LogP contribution in [-0.4, -0.2) is 26.2 Å². The molecule has 0 aliphatic carbocycles. The highest BCUT2D eigenvalue weighted by molar-refractivity contribution is 5.77. The smallest absolute Gasteiger partial charge is 0.234 e. The van der Waals surface area contributed by atoms with Gasteiger partial charge < -0.3 is 19.5 Å². The van der Waals surface area contributed by atoms with Crippen molar-refractivity contribution in [3.05, 3.63) is 53.6 Å². The molecule has 0 unspecified atom stereocenters. The predicted molar refractivity (Wildman–Crippen MR) is 102 cm³/mol. The van der Waals surface area contributed by atoms with Crippen molar-refractivity contribution < 1.29 is 19.0 Å². The number of nitrogens with one attached hydrogen (secondary N) is 1. The average Bonchev–Trinajstić information content (AvgIpc) is 2.70. The van der Waals surface area contributed by atoms with Gasteiger partial charge in [-0.2, -0.15) is 5.26 Å². The lowest BCUT2D eigenvalue weighted by atomic mass is 10.2. The topological polar surface area (TPSA) is 80.6 Å². The Morgan fingerprint density at radius 3 is 2.41 bits per heavy atom. The Balaban J connectivity index is 1.86. The molecule has 0 aromatic heterocycles. The summed E-state index contributed by atoms with van der Waals surface area (Å²) in [5, 5.41) is 11.2. The van der Waals surface area contributed by atoms with E-state index < -0.39 is 0 Å². The molecule has 2 aromatic carbocycles. The molecule has 0 fully saturated rings. The predicted octanol–water partition coefficient (Wildman–Crippen LogP) is 3.25. The van der Waals surface area contributed by atoms with Gasteiger partial charge in [0.05, 0.1) is 13.2 Å². The lowest BCUT2D eigenvalue weighted by Gasteiger charge is -2.13. The second-order valence-corrected chi connectivity index (χ2v) is 5.79. The number of hydrogen-bond acceptors (Lipinski definition) is 5. The maximum absolute atomic E-state index is 11.4. The standard InChI is InChI=1S/C21H24N2O4/c1-3-16-4-7-18(8-5-16)26-12-13-27-20-14-17(6-9-19(20)25-2)15-23-21(24)10-11-22/h4-9,14H,3,10,12-13,15H2,1-2H3,(H,23,24). The van der Waals surface area contributed by atoms with Crippen molar-refractivity contribution in [3.8, 4) is 23.3 Å². The zero-order chi connectivity index (χ0) is 19.5. The van der Waals surface area contributed by atoms with Crippen molar-refractivity contribution >= 4 is 5.91 Å². The fourth-order valence-electron chi connectivity index (χ4n) is 2.41. The Hall–Kier alpha value is -3.20. The van der Waals surface area contributed by atoms with Crippen molar-refractivity contribution in [2.24, 2.45) is 0 Å². The Morgan fingerprint density at radius 1 is 1.04 bits per heavy atom. The SMILES string of the molecule is CCc1ccc(OCCOc2cc(CNC(=O)CC#N)ccc2OC)cc1. The van der Waals surface area contributed by atoms with Crippen LogP contribution in [0.3, 0.4) is 0 Å². The molecule has 1 amide bonds. The third kappa shape index (κ3) is 6.55. The van der Waals surface area contributed by atoms with Crippen molar-refractivity contribution in [1.29, 1.82) is 5.26 Å². The van der Waals surface area contributed by atoms with E-state index in [1.807, 2.05) is 42.5 Å². The van der Waals surface area contributed by atoms with Crippen LogP contribution in [0.5, 0.6) is 17.2 Å². The largest absolute Gasteiger partial charge is 0.493 e. The summed E-state index contributed by atoms with van der Waals surface area (Å²) < 4.78 is 16.8. The number of carbonyl (C=O) groups is 1. The van der Waals surface area contributed by atoms with Gasteiger partial charge in [-0.1, -0.05) is 25.1 Å². The van der Waals surface area contributed by atoms with Crippen LogP contribution in [0.1, 0.15) is 24.5 Å². The summed E-state index contributed by atoms with van der Waals surface area (Å²) >= 11 is 0. The van der Waals surface area contributed by atoms with Crippen molar-refractivity contribution in [3.63, 3.8) is 0 Å². The Bertz CT molecular complexity index is 782. The molecule has 0 saturated heterocycles. The van der Waals surface area contributed by atoms with E-state index in [0.29, 0.717) is 31.3 Å². The number of nitrogens with zero attached hydrogens (tertiary/aromatic N) is 1. The summed E-state index contributed by atoms with van der Waals surface area (Å²) in [5.41, 5.74) is 2.12. The minimum absolute atomic E-state index is 0.157. The van der Waals surface area contributed by atoms with Gasteiger partial charge in [0.2, 0.25) is 5.91 Å². The quantitative estimate of drug-likeness (QED) is 0.651. The molecule has 6 nitrogen and oxygen atoms in total. The van der Waals surface area contributed by atoms with Crippen molar-refractivity contribution in [2.45, 2.75) is 26.3 Å². The monoisotopic (exact) mass is 368 g/mol. The number of rotatable bonds is 10. The third-order valence-electron chi connectivity index (χ3n) is 3.90. The second kappa shape index (κ2) is 10.7. The maximum Gasteiger partial charge on any atom is 0.234 e. The molecule has 0 radical (unpaired) electrons. The van der Waals surface area contributed by atoms with E-state index in [-0.39, 0.29) is 12.3 Å². The highest BCUT2D eigenvalue weighted by Gasteiger charge is 2.07. The summed E-state index contributed by atoms with van der Waals surface area (Å²) in [5.74, 6) is 1.68. The van der Waals surface area contributed by atoms with Gasteiger partial charge in [0.15, 0.2) is 11.5 Å². The van der Waals surface area contributed by atoms with Gasteiger partial charge in [-0.05, 0) is 41.8 Å². The number of carbonyl (C=O) groups excluding carboxylic acids is 1. The molecule has 6 heteroatoms. The number of benzene rings is 2. The Kier molecular flexibility index (Phi) is 7.98. The molecular weight excluding hydrogens is 344 g/mol. The van der Waals surface area contributed by atoms with Crippen LogP contribution in [0.15, 0.2) is 42.5 Å². The fraction of sp³-hybridized carbons (Fsp3) is 0.333. The second-order valence-electron chi connectivity index (χ2n) is 5.79. The molecule has 0 heterocycles. The number of methoxy groups -OCH3 is 1. The van der Waals surface area contributed by atoms with Gasteiger partial charge >= 0.3 is 0 Å². The first-order valence-electron chi connectivity index (χ1n) is 8.81. The fourth-order valence-corrected chi connectivity index (χ4v) is 2.41. The van der Waals surface area contributed by atoms with Crippen molar-refractivity contribution in [1.82, 2.24) is 5.32 Å². The lowest BCUT2D eigenvalue weighted by molar-refractivity contribution is -0.120. The molecule has 0 aliphatic heterocycles. The summed E-state index contributed by atoms with van der Waals surface area (Å²) in [4.78, 5) is 11.4. The van der Waals surface area contributed by atoms with Gasteiger partial charge in [0.1, 0.15) is 25.4 Å². The average molecular weight is 368 g/mol. The summed E-state index contributed by atoms with van der Waals surface area (Å²) in [7, 11) is 1.57. The first kappa shape index (κ1) is 20.1. The molecule has 2 rings (SSSR count). The number of amides is 1. The third-order valence-corrected chi connectivity index (χ3v) is 3.90. The molecule has 0 aliphatic rings. The minimum atomic E-state index is -0.307. The zero-order valence-electron chi connectivity index (χ0n) is 15.7. The van der Waals surface area contributed by atoms with Crippen molar-refractivity contribution in [2.75, 3.05) is 20.3 Å². The van der Waals surface area contributed by atoms with Crippen LogP contribution in [0, 0.1) is 11.3 Å². The number of nitriles is 1. The lowest BCUT2D eigenvalue weighted by Crippen LogP contribution is -2.21. The first-order valence-corrected chi connectivity index (χ1v) is 8.81. The van der Waals surface area contributed by atoms with E-state index in [9.17, 15) is 4.79 Å². The van der Waals surface area contributed by atoms with Crippen LogP contribution in [0.25, 0.3) is 0 Å². The highest BCUT2D eigenvalue weighted by Crippen LogP contribution is 2.28. The van der Waals surface area contributed by atoms with Crippen LogP contribution in [0.2, 0.25) is 0 Å². The normalized spacial score (nSPS) is 9.96. The van der Waals surface area contributed by atoms with Gasteiger partial charge in [0.25, 0.3) is 0 Å². The minimum Gasteiger partial charge on any atom is -0.493 e. The maximum atomic E-state index is 11.4. The Morgan fingerprint density at radius 2 is 1.74 bits per heavy atom. The summed E-state index contributed by atoms with van der Waals surface area (Å²) in [6.07, 6.45) is 0.840. The van der Waals surface area contributed by atoms with Crippen LogP contribution < -0.4 is 19.5 Å². The van der Waals surface area contributed by atoms with Gasteiger partial charge in [-0.15, -0.1) is 0 Å². The molecule has 0 spiro atoms. The zero-order valence-corrected chi connectivity index (χ0v) is 15.7. The van der Waals surface area contributed by atoms with E-state index in [0.717, 1.165) is 17.7 Å². The van der Waals surface area contributed by atoms with Crippen LogP contribution in [-0.2, 0) is 17.8 Å². The number of hydrogen-bond donors (Lipinski definition) is 1. The molecular formula is C21H24N2O4. The van der Waals surface area contributed by atoms with Gasteiger partial charge in [-0.3, -0.25) is 4.79 Å². The van der Waals surface area contributed by atoms with Gasteiger partial charge in [-0.25, -0.2) is 0 Å². The van der Waals surface area contributed by atoms with E-state index >= 15 is 0 Å². The van der Waals surface area contributed by atoms with Crippen LogP contribution >= 0.6 is 0 Å². The molecule has 0 saturated carbocycles. The van der Waals surface area contributed by atoms with E-state index in [1.165, 1.54) is 5.56 Å². The molecule has 0 bridgehead atoms. The molecule has 27 heavy (non-hydrogen) atoms. The molecule has 0 atom stereocenters. The Labute approximate surface area is 159 Å². The highest BCUT2D eigenvalue weighted by atomic mass is 16.5. The van der Waals surface area contributed by atoms with E-state index in [2.05, 4.69) is 12.2 Å².